The molecule has 9 nitrogen and oxygen atoms in total. The Balaban J connectivity index is 1.94. The molecule has 0 saturated carbocycles. The van der Waals surface area contributed by atoms with Gasteiger partial charge >= 0.3 is 0 Å². The molecule has 7 unspecified atom stereocenters. The van der Waals surface area contributed by atoms with E-state index in [9.17, 15) is 30.3 Å². The monoisotopic (exact) mass is 862 g/mol. The highest BCUT2D eigenvalue weighted by Gasteiger charge is 2.44. The lowest BCUT2D eigenvalue weighted by Crippen LogP contribution is -2.60. The molecule has 1 aliphatic heterocycles. The van der Waals surface area contributed by atoms with Crippen LogP contribution in [-0.4, -0.2) is 87.5 Å². The van der Waals surface area contributed by atoms with Crippen molar-refractivity contribution in [2.24, 2.45) is 0 Å². The highest BCUT2D eigenvalue weighted by atomic mass is 16.7. The van der Waals surface area contributed by atoms with Gasteiger partial charge in [-0.3, -0.25) is 4.79 Å². The molecule has 1 aliphatic rings. The molecule has 6 N–H and O–H groups in total. The molecule has 1 fully saturated rings. The first-order valence-corrected chi connectivity index (χ1v) is 25.3. The molecule has 0 bridgehead atoms. The first kappa shape index (κ1) is 57.2. The van der Waals surface area contributed by atoms with Gasteiger partial charge < -0.3 is 40.3 Å². The summed E-state index contributed by atoms with van der Waals surface area (Å²) in [7, 11) is 0. The van der Waals surface area contributed by atoms with Gasteiger partial charge in [-0.2, -0.15) is 0 Å². The van der Waals surface area contributed by atoms with Crippen molar-refractivity contribution < 1.29 is 39.8 Å². The topological polar surface area (TPSA) is 149 Å². The summed E-state index contributed by atoms with van der Waals surface area (Å²) in [6, 6.07) is -0.712. The Morgan fingerprint density at radius 3 is 1.48 bits per heavy atom. The van der Waals surface area contributed by atoms with Gasteiger partial charge in [0.25, 0.3) is 0 Å². The van der Waals surface area contributed by atoms with Crippen molar-refractivity contribution in [1.82, 2.24) is 5.32 Å². The highest BCUT2D eigenvalue weighted by Crippen LogP contribution is 2.23. The molecule has 0 aromatic rings. The van der Waals surface area contributed by atoms with E-state index in [1.807, 2.05) is 0 Å². The van der Waals surface area contributed by atoms with Crippen LogP contribution in [0, 0.1) is 0 Å². The second-order valence-corrected chi connectivity index (χ2v) is 17.6. The average Bonchev–Trinajstić information content (AvgIpc) is 3.26. The number of ether oxygens (including phenoxy) is 2. The number of hydrogen-bond donors (Lipinski definition) is 6. The summed E-state index contributed by atoms with van der Waals surface area (Å²) in [5, 5.41) is 53.6. The fourth-order valence-corrected chi connectivity index (χ4v) is 7.92. The van der Waals surface area contributed by atoms with E-state index in [1.165, 1.54) is 128 Å². The Bertz CT molecular complexity index is 1090. The van der Waals surface area contributed by atoms with Gasteiger partial charge in [-0.05, 0) is 51.4 Å². The number of carbonyl (C=O) groups is 1. The van der Waals surface area contributed by atoms with Crippen LogP contribution in [0.4, 0.5) is 0 Å². The molecule has 1 rings (SSSR count). The fraction of sp³-hybridized carbons (Fsp3) is 0.827. The molecule has 9 heteroatoms. The van der Waals surface area contributed by atoms with Gasteiger partial charge in [0.1, 0.15) is 24.4 Å². The van der Waals surface area contributed by atoms with Crippen molar-refractivity contribution in [2.75, 3.05) is 13.2 Å². The van der Waals surface area contributed by atoms with Gasteiger partial charge in [0, 0.05) is 6.42 Å². The lowest BCUT2D eigenvalue weighted by Gasteiger charge is -2.40. The number of hydrogen-bond acceptors (Lipinski definition) is 8. The molecule has 0 radical (unpaired) electrons. The number of aliphatic hydroxyl groups excluding tert-OH is 5. The highest BCUT2D eigenvalue weighted by molar-refractivity contribution is 5.76. The van der Waals surface area contributed by atoms with Crippen LogP contribution in [0.5, 0.6) is 0 Å². The third-order valence-corrected chi connectivity index (χ3v) is 11.9. The number of aliphatic hydroxyl groups is 5. The SMILES string of the molecule is CC/C=C\C/C=C\C/C=C\C/C=C\CCCCCCCCCCCCCCCCCCCCCCCCC(=O)NC(COC1OC(CO)C(O)C(O)C1O)C(O)CCCCC. The quantitative estimate of drug-likeness (QED) is 0.0262. The first-order chi connectivity index (χ1) is 29.8. The fourth-order valence-electron chi connectivity index (χ4n) is 7.92. The van der Waals surface area contributed by atoms with E-state index >= 15 is 0 Å². The van der Waals surface area contributed by atoms with E-state index in [0.717, 1.165) is 64.2 Å². The van der Waals surface area contributed by atoms with Crippen molar-refractivity contribution in [3.05, 3.63) is 48.6 Å². The van der Waals surface area contributed by atoms with Gasteiger partial charge in [0.05, 0.1) is 25.4 Å². The predicted octanol–water partition coefficient (Wildman–Crippen LogP) is 11.4. The van der Waals surface area contributed by atoms with Crippen molar-refractivity contribution in [1.29, 1.82) is 0 Å². The minimum absolute atomic E-state index is 0.141. The second-order valence-electron chi connectivity index (χ2n) is 17.6. The van der Waals surface area contributed by atoms with Crippen LogP contribution in [0.3, 0.4) is 0 Å². The summed E-state index contributed by atoms with van der Waals surface area (Å²) in [5.74, 6) is -0.154. The Morgan fingerprint density at radius 1 is 0.574 bits per heavy atom. The summed E-state index contributed by atoms with van der Waals surface area (Å²) in [6.07, 6.45) is 48.3. The van der Waals surface area contributed by atoms with Crippen LogP contribution in [0.15, 0.2) is 48.6 Å². The van der Waals surface area contributed by atoms with E-state index < -0.39 is 49.5 Å². The minimum atomic E-state index is -1.55. The third kappa shape index (κ3) is 32.5. The number of nitrogens with one attached hydrogen (secondary N) is 1. The summed E-state index contributed by atoms with van der Waals surface area (Å²) in [6.45, 7) is 3.56. The van der Waals surface area contributed by atoms with E-state index in [4.69, 9.17) is 9.47 Å². The maximum absolute atomic E-state index is 12.8. The lowest BCUT2D eigenvalue weighted by molar-refractivity contribution is -0.302. The number of allylic oxidation sites excluding steroid dienone is 8. The number of amides is 1. The van der Waals surface area contributed by atoms with E-state index in [2.05, 4.69) is 67.8 Å². The molecule has 1 amide bonds. The van der Waals surface area contributed by atoms with Crippen LogP contribution in [0.2, 0.25) is 0 Å². The molecule has 0 aromatic heterocycles. The van der Waals surface area contributed by atoms with Gasteiger partial charge in [-0.1, -0.05) is 210 Å². The first-order valence-electron chi connectivity index (χ1n) is 25.3. The normalized spacial score (nSPS) is 20.8. The molecule has 0 aromatic carbocycles. The Hall–Kier alpha value is -1.85. The summed E-state index contributed by atoms with van der Waals surface area (Å²) in [5.41, 5.74) is 0. The zero-order chi connectivity index (χ0) is 44.4. The maximum Gasteiger partial charge on any atom is 0.220 e. The average molecular weight is 862 g/mol. The predicted molar refractivity (Wildman–Crippen MR) is 253 cm³/mol. The van der Waals surface area contributed by atoms with Crippen molar-refractivity contribution in [3.8, 4) is 0 Å². The second kappa shape index (κ2) is 42.1. The molecule has 61 heavy (non-hydrogen) atoms. The van der Waals surface area contributed by atoms with E-state index in [-0.39, 0.29) is 12.5 Å². The Kier molecular flexibility index (Phi) is 39.5. The van der Waals surface area contributed by atoms with E-state index in [1.54, 1.807) is 0 Å². The van der Waals surface area contributed by atoms with Crippen molar-refractivity contribution in [2.45, 2.75) is 262 Å². The molecule has 1 saturated heterocycles. The zero-order valence-corrected chi connectivity index (χ0v) is 39.2. The van der Waals surface area contributed by atoms with Crippen molar-refractivity contribution in [3.63, 3.8) is 0 Å². The largest absolute Gasteiger partial charge is 0.394 e. The third-order valence-electron chi connectivity index (χ3n) is 11.9. The molecular formula is C52H95NO8. The summed E-state index contributed by atoms with van der Waals surface area (Å²) < 4.78 is 11.1. The summed E-state index contributed by atoms with van der Waals surface area (Å²) in [4.78, 5) is 12.8. The molecular weight excluding hydrogens is 767 g/mol. The number of rotatable bonds is 42. The molecule has 7 atom stereocenters. The van der Waals surface area contributed by atoms with Crippen LogP contribution in [0.25, 0.3) is 0 Å². The van der Waals surface area contributed by atoms with Crippen molar-refractivity contribution >= 4 is 5.91 Å². The van der Waals surface area contributed by atoms with Gasteiger partial charge in [-0.25, -0.2) is 0 Å². The number of unbranched alkanes of at least 4 members (excludes halogenated alkanes) is 24. The van der Waals surface area contributed by atoms with Gasteiger partial charge in [-0.15, -0.1) is 0 Å². The maximum atomic E-state index is 12.8. The van der Waals surface area contributed by atoms with Crippen LogP contribution in [0.1, 0.15) is 219 Å². The Morgan fingerprint density at radius 2 is 1.02 bits per heavy atom. The van der Waals surface area contributed by atoms with Crippen LogP contribution in [-0.2, 0) is 14.3 Å². The Labute approximate surface area is 373 Å². The standard InChI is InChI=1S/C52H95NO8/c1-3-5-7-8-9-10-11-12-13-14-15-16-17-18-19-20-21-22-23-24-25-26-27-28-29-30-31-32-33-34-35-36-37-38-40-42-48(56)53-45(46(55)41-39-6-4-2)44-60-52-51(59)50(58)49(57)47(43-54)61-52/h5,7,9-10,12-13,15-16,45-47,49-52,54-55,57-59H,3-4,6,8,11,14,17-44H2,1-2H3,(H,53,56)/b7-5-,10-9-,13-12-,16-15-. The van der Waals surface area contributed by atoms with Gasteiger partial charge in [0.2, 0.25) is 5.91 Å². The summed E-state index contributed by atoms with van der Waals surface area (Å²) >= 11 is 0. The minimum Gasteiger partial charge on any atom is -0.394 e. The van der Waals surface area contributed by atoms with Crippen LogP contribution >= 0.6 is 0 Å². The molecule has 0 aliphatic carbocycles. The lowest BCUT2D eigenvalue weighted by atomic mass is 9.99. The molecule has 0 spiro atoms. The smallest absolute Gasteiger partial charge is 0.220 e. The van der Waals surface area contributed by atoms with Crippen LogP contribution < -0.4 is 5.32 Å². The van der Waals surface area contributed by atoms with E-state index in [0.29, 0.717) is 12.8 Å². The molecule has 356 valence electrons. The van der Waals surface area contributed by atoms with Gasteiger partial charge in [0.15, 0.2) is 6.29 Å². The molecule has 1 heterocycles. The number of carbonyl (C=O) groups excluding carboxylic acids is 1. The zero-order valence-electron chi connectivity index (χ0n) is 39.2.